The summed E-state index contributed by atoms with van der Waals surface area (Å²) < 4.78 is 18.9. The van der Waals surface area contributed by atoms with E-state index in [9.17, 15) is 24.9 Å². The maximum atomic E-state index is 12.7. The Hall–Kier alpha value is -3.49. The van der Waals surface area contributed by atoms with Gasteiger partial charge in [0, 0.05) is 17.3 Å². The minimum absolute atomic E-state index is 0.179. The van der Waals surface area contributed by atoms with Crippen molar-refractivity contribution in [1.29, 1.82) is 0 Å². The van der Waals surface area contributed by atoms with Gasteiger partial charge in [-0.15, -0.1) is 0 Å². The predicted molar refractivity (Wildman–Crippen MR) is 158 cm³/mol. The van der Waals surface area contributed by atoms with E-state index in [4.69, 9.17) is 14.2 Å². The van der Waals surface area contributed by atoms with Crippen molar-refractivity contribution in [2.24, 2.45) is 0 Å². The van der Waals surface area contributed by atoms with Crippen LogP contribution in [0.2, 0.25) is 0 Å². The molecular formula is C30H29IN2O8. The highest BCUT2D eigenvalue weighted by atomic mass is 127. The number of nitrogens with zero attached hydrogens (tertiary/aromatic N) is 1. The van der Waals surface area contributed by atoms with Gasteiger partial charge in [0.1, 0.15) is 35.9 Å². The molecule has 5 atom stereocenters. The Labute approximate surface area is 248 Å². The quantitative estimate of drug-likeness (QED) is 0.165. The van der Waals surface area contributed by atoms with E-state index in [2.05, 4.69) is 4.98 Å². The normalized spacial score (nSPS) is 21.4. The van der Waals surface area contributed by atoms with Crippen LogP contribution in [0.15, 0.2) is 94.6 Å². The molecule has 4 N–H and O–H groups in total. The van der Waals surface area contributed by atoms with Gasteiger partial charge in [-0.1, -0.05) is 66.7 Å². The molecular weight excluding hydrogens is 643 g/mol. The van der Waals surface area contributed by atoms with Gasteiger partial charge in [-0.25, -0.2) is 4.79 Å². The maximum Gasteiger partial charge on any atom is 0.330 e. The van der Waals surface area contributed by atoms with E-state index in [-0.39, 0.29) is 3.57 Å². The van der Waals surface area contributed by atoms with Gasteiger partial charge in [0.2, 0.25) is 0 Å². The van der Waals surface area contributed by atoms with Gasteiger partial charge in [0.15, 0.2) is 6.23 Å². The molecule has 41 heavy (non-hydrogen) atoms. The zero-order valence-corrected chi connectivity index (χ0v) is 24.3. The molecule has 1 unspecified atom stereocenters. The second kappa shape index (κ2) is 11.8. The molecule has 2 heterocycles. The molecule has 1 saturated heterocycles. The molecule has 5 rings (SSSR count). The van der Waals surface area contributed by atoms with E-state index in [1.165, 1.54) is 20.4 Å². The largest absolute Gasteiger partial charge is 0.496 e. The molecule has 0 radical (unpaired) electrons. The van der Waals surface area contributed by atoms with E-state index in [0.29, 0.717) is 28.2 Å². The predicted octanol–water partition coefficient (Wildman–Crippen LogP) is 2.17. The molecule has 4 aromatic rings. The van der Waals surface area contributed by atoms with E-state index in [1.54, 1.807) is 46.9 Å². The molecule has 214 valence electrons. The average Bonchev–Trinajstić information content (AvgIpc) is 3.29. The summed E-state index contributed by atoms with van der Waals surface area (Å²) in [6, 6.07) is 23.5. The Morgan fingerprint density at radius 2 is 1.41 bits per heavy atom. The van der Waals surface area contributed by atoms with Crippen molar-refractivity contribution in [1.82, 2.24) is 9.55 Å². The van der Waals surface area contributed by atoms with Crippen LogP contribution in [0.3, 0.4) is 0 Å². The van der Waals surface area contributed by atoms with Crippen LogP contribution in [0.25, 0.3) is 0 Å². The van der Waals surface area contributed by atoms with Gasteiger partial charge in [0.25, 0.3) is 5.56 Å². The smallest absolute Gasteiger partial charge is 0.330 e. The molecule has 3 aromatic carbocycles. The number of rotatable bonds is 8. The molecule has 0 spiro atoms. The molecule has 11 heteroatoms. The van der Waals surface area contributed by atoms with Gasteiger partial charge in [0.05, 0.1) is 23.2 Å². The summed E-state index contributed by atoms with van der Waals surface area (Å²) in [4.78, 5) is 26.8. The fourth-order valence-corrected chi connectivity index (χ4v) is 6.09. The van der Waals surface area contributed by atoms with Crippen molar-refractivity contribution in [3.8, 4) is 11.5 Å². The first kappa shape index (κ1) is 29.0. The van der Waals surface area contributed by atoms with Crippen molar-refractivity contribution < 1.29 is 29.5 Å². The highest BCUT2D eigenvalue weighted by Crippen LogP contribution is 2.51. The second-order valence-corrected chi connectivity index (χ2v) is 10.8. The van der Waals surface area contributed by atoms with Crippen LogP contribution < -0.4 is 20.7 Å². The highest BCUT2D eigenvalue weighted by molar-refractivity contribution is 14.1. The highest BCUT2D eigenvalue weighted by Gasteiger charge is 2.56. The SMILES string of the molecule is COc1ccccc1C(c1ccccc1)(c1ccccc1OC)C(O)[C@H]1O[C@@H](n2cc(I)c(=O)[nH]c2=O)[C@H](O)[C@@H]1O. The Morgan fingerprint density at radius 3 is 1.98 bits per heavy atom. The lowest BCUT2D eigenvalue weighted by atomic mass is 9.63. The van der Waals surface area contributed by atoms with Gasteiger partial charge in [-0.2, -0.15) is 0 Å². The van der Waals surface area contributed by atoms with Crippen molar-refractivity contribution in [3.05, 3.63) is 126 Å². The molecule has 10 nitrogen and oxygen atoms in total. The van der Waals surface area contributed by atoms with Crippen LogP contribution in [0.4, 0.5) is 0 Å². The van der Waals surface area contributed by atoms with Crippen molar-refractivity contribution >= 4 is 22.6 Å². The van der Waals surface area contributed by atoms with Crippen molar-refractivity contribution in [2.45, 2.75) is 36.1 Å². The monoisotopic (exact) mass is 672 g/mol. The lowest BCUT2D eigenvalue weighted by Crippen LogP contribution is -2.52. The molecule has 0 aliphatic carbocycles. The molecule has 1 fully saturated rings. The maximum absolute atomic E-state index is 12.7. The Kier molecular flexibility index (Phi) is 8.34. The van der Waals surface area contributed by atoms with Crippen LogP contribution >= 0.6 is 22.6 Å². The van der Waals surface area contributed by atoms with Gasteiger partial charge < -0.3 is 29.5 Å². The number of hydrogen-bond donors (Lipinski definition) is 4. The molecule has 0 saturated carbocycles. The minimum atomic E-state index is -1.63. The number of methoxy groups -OCH3 is 2. The van der Waals surface area contributed by atoms with Gasteiger partial charge >= 0.3 is 5.69 Å². The first-order valence-corrected chi connectivity index (χ1v) is 13.9. The number of aromatic nitrogens is 2. The van der Waals surface area contributed by atoms with Gasteiger partial charge in [-0.05, 0) is 40.3 Å². The number of aromatic amines is 1. The third kappa shape index (κ3) is 4.87. The molecule has 1 aliphatic heterocycles. The Balaban J connectivity index is 1.77. The molecule has 1 aromatic heterocycles. The lowest BCUT2D eigenvalue weighted by Gasteiger charge is -2.43. The number of hydrogen-bond acceptors (Lipinski definition) is 8. The summed E-state index contributed by atoms with van der Waals surface area (Å²) in [6.07, 6.45) is -6.38. The van der Waals surface area contributed by atoms with Crippen LogP contribution in [0.5, 0.6) is 11.5 Å². The average molecular weight is 672 g/mol. The fraction of sp³-hybridized carbons (Fsp3) is 0.267. The zero-order valence-electron chi connectivity index (χ0n) is 22.2. The summed E-state index contributed by atoms with van der Waals surface area (Å²) in [5.41, 5.74) is -1.15. The van der Waals surface area contributed by atoms with Crippen molar-refractivity contribution in [2.75, 3.05) is 14.2 Å². The number of H-pyrrole nitrogens is 1. The standard InChI is InChI=1S/C30H29IN2O8/c1-39-21-14-8-6-12-18(21)30(17-10-4-3-5-11-17,19-13-7-9-15-22(19)40-2)26(36)25-23(34)24(35)28(41-25)33-16-20(31)27(37)32-29(33)38/h3-16,23-26,28,34-36H,1-2H3,(H,32,37,38)/t23-,24+,25-,26?,28+/m0/s1. The minimum Gasteiger partial charge on any atom is -0.496 e. The number of aliphatic hydroxyl groups excluding tert-OH is 3. The summed E-state index contributed by atoms with van der Waals surface area (Å²) in [6.45, 7) is 0. The summed E-state index contributed by atoms with van der Waals surface area (Å²) in [5.74, 6) is 0.912. The van der Waals surface area contributed by atoms with Crippen LogP contribution in [0.1, 0.15) is 22.9 Å². The van der Waals surface area contributed by atoms with Crippen LogP contribution in [-0.2, 0) is 10.2 Å². The first-order chi connectivity index (χ1) is 19.7. The number of halogens is 1. The van der Waals surface area contributed by atoms with E-state index in [1.807, 2.05) is 54.6 Å². The lowest BCUT2D eigenvalue weighted by molar-refractivity contribution is -0.0996. The van der Waals surface area contributed by atoms with E-state index < -0.39 is 47.3 Å². The van der Waals surface area contributed by atoms with E-state index >= 15 is 0 Å². The molecule has 0 bridgehead atoms. The summed E-state index contributed by atoms with van der Waals surface area (Å²) in [5, 5.41) is 35.0. The van der Waals surface area contributed by atoms with Crippen molar-refractivity contribution in [3.63, 3.8) is 0 Å². The second-order valence-electron chi connectivity index (χ2n) is 9.64. The third-order valence-corrected chi connectivity index (χ3v) is 8.29. The zero-order chi connectivity index (χ0) is 29.3. The number of benzene rings is 3. The topological polar surface area (TPSA) is 143 Å². The number of ether oxygens (including phenoxy) is 3. The van der Waals surface area contributed by atoms with E-state index in [0.717, 1.165) is 4.57 Å². The Morgan fingerprint density at radius 1 is 0.878 bits per heavy atom. The summed E-state index contributed by atoms with van der Waals surface area (Å²) >= 11 is 1.76. The number of para-hydroxylation sites is 2. The Bertz CT molecular complexity index is 1590. The molecule has 1 aliphatic rings. The summed E-state index contributed by atoms with van der Waals surface area (Å²) in [7, 11) is 3.04. The molecule has 0 amide bonds. The number of aliphatic hydroxyl groups is 3. The first-order valence-electron chi connectivity index (χ1n) is 12.8. The fourth-order valence-electron chi connectivity index (χ4n) is 5.66. The number of nitrogens with one attached hydrogen (secondary N) is 1. The van der Waals surface area contributed by atoms with Gasteiger partial charge in [-0.3, -0.25) is 14.3 Å². The third-order valence-electron chi connectivity index (χ3n) is 7.52. The van der Waals surface area contributed by atoms with Crippen LogP contribution in [0, 0.1) is 3.57 Å². The van der Waals surface area contributed by atoms with Crippen LogP contribution in [-0.4, -0.2) is 63.5 Å².